The molecule has 0 aliphatic carbocycles. The molecule has 6 heteroatoms. The third kappa shape index (κ3) is 3.13. The number of nitrogens with one attached hydrogen (secondary N) is 1. The topological polar surface area (TPSA) is 44.7 Å². The second kappa shape index (κ2) is 7.94. The first kappa shape index (κ1) is 19.1. The van der Waals surface area contributed by atoms with E-state index in [-0.39, 0.29) is 18.4 Å². The van der Waals surface area contributed by atoms with E-state index in [0.29, 0.717) is 17.2 Å². The fraction of sp³-hybridized carbons (Fsp3) is 0.238. The fourth-order valence-electron chi connectivity index (χ4n) is 3.68. The van der Waals surface area contributed by atoms with Gasteiger partial charge < -0.3 is 24.1 Å². The Hall–Kier alpha value is -2.63. The van der Waals surface area contributed by atoms with Crippen LogP contribution in [0.15, 0.2) is 54.7 Å². The second-order valence-electron chi connectivity index (χ2n) is 6.17. The van der Waals surface area contributed by atoms with Crippen LogP contribution in [0.3, 0.4) is 0 Å². The van der Waals surface area contributed by atoms with Crippen LogP contribution in [-0.4, -0.2) is 25.9 Å². The van der Waals surface area contributed by atoms with E-state index < -0.39 is 0 Å². The number of hydrogen-bond donors (Lipinski definition) is 1. The molecule has 3 aromatic rings. The molecular weight excluding hydrogens is 364 g/mol. The number of halogens is 1. The van der Waals surface area contributed by atoms with Gasteiger partial charge in [0.25, 0.3) is 0 Å². The van der Waals surface area contributed by atoms with Crippen molar-refractivity contribution in [1.82, 2.24) is 9.88 Å². The average molecular weight is 387 g/mol. The Bertz CT molecular complexity index is 939. The minimum Gasteiger partial charge on any atom is -0.493 e. The lowest BCUT2D eigenvalue weighted by Crippen LogP contribution is -2.22. The molecular formula is C21H23ClN2O3. The Balaban J connectivity index is 0.00000210. The Labute approximate surface area is 165 Å². The van der Waals surface area contributed by atoms with Crippen LogP contribution in [0.4, 0.5) is 0 Å². The normalized spacial score (nSPS) is 15.0. The Morgan fingerprint density at radius 1 is 0.889 bits per heavy atom. The van der Waals surface area contributed by atoms with E-state index in [0.717, 1.165) is 17.8 Å². The van der Waals surface area contributed by atoms with Gasteiger partial charge in [-0.25, -0.2) is 0 Å². The van der Waals surface area contributed by atoms with Gasteiger partial charge in [0, 0.05) is 29.7 Å². The molecule has 0 radical (unpaired) electrons. The molecule has 1 aliphatic heterocycles. The summed E-state index contributed by atoms with van der Waals surface area (Å²) in [6, 6.07) is 16.6. The number of para-hydroxylation sites is 1. The summed E-state index contributed by atoms with van der Waals surface area (Å²) in [6.45, 7) is 0.764. The minimum atomic E-state index is -0.0350. The molecule has 142 valence electrons. The molecule has 1 N–H and O–H groups in total. The molecule has 0 amide bonds. The molecule has 0 fully saturated rings. The first-order chi connectivity index (χ1) is 12.8. The average Bonchev–Trinajstić information content (AvgIpc) is 3.11. The van der Waals surface area contributed by atoms with Crippen molar-refractivity contribution >= 4 is 12.4 Å². The maximum Gasteiger partial charge on any atom is 0.203 e. The first-order valence-corrected chi connectivity index (χ1v) is 8.56. The van der Waals surface area contributed by atoms with Gasteiger partial charge in [-0.2, -0.15) is 0 Å². The van der Waals surface area contributed by atoms with E-state index in [1.165, 1.54) is 11.3 Å². The second-order valence-corrected chi connectivity index (χ2v) is 6.17. The zero-order chi connectivity index (χ0) is 18.1. The fourth-order valence-corrected chi connectivity index (χ4v) is 3.68. The van der Waals surface area contributed by atoms with Crippen LogP contribution in [0.2, 0.25) is 0 Å². The van der Waals surface area contributed by atoms with Gasteiger partial charge in [0.1, 0.15) is 0 Å². The van der Waals surface area contributed by atoms with Crippen molar-refractivity contribution in [2.24, 2.45) is 0 Å². The first-order valence-electron chi connectivity index (χ1n) is 8.56. The van der Waals surface area contributed by atoms with Crippen LogP contribution in [0.5, 0.6) is 17.2 Å². The van der Waals surface area contributed by atoms with Gasteiger partial charge in [-0.1, -0.05) is 18.2 Å². The number of fused-ring (bicyclic) bond motifs is 3. The highest BCUT2D eigenvalue weighted by atomic mass is 35.5. The van der Waals surface area contributed by atoms with Gasteiger partial charge in [0.05, 0.1) is 27.4 Å². The smallest absolute Gasteiger partial charge is 0.203 e. The van der Waals surface area contributed by atoms with E-state index in [1.54, 1.807) is 21.3 Å². The number of nitrogens with zero attached hydrogens (tertiary/aromatic N) is 1. The molecule has 0 spiro atoms. The summed E-state index contributed by atoms with van der Waals surface area (Å²) in [6.07, 6.45) is 2.10. The molecule has 27 heavy (non-hydrogen) atoms. The summed E-state index contributed by atoms with van der Waals surface area (Å²) in [5.74, 6) is 1.94. The third-order valence-corrected chi connectivity index (χ3v) is 4.87. The lowest BCUT2D eigenvalue weighted by molar-refractivity contribution is 0.320. The van der Waals surface area contributed by atoms with Gasteiger partial charge in [-0.05, 0) is 35.9 Å². The van der Waals surface area contributed by atoms with Crippen LogP contribution in [0.1, 0.15) is 22.9 Å². The van der Waals surface area contributed by atoms with E-state index in [4.69, 9.17) is 14.2 Å². The van der Waals surface area contributed by atoms with Crippen molar-refractivity contribution in [3.05, 3.63) is 71.5 Å². The Morgan fingerprint density at radius 2 is 1.67 bits per heavy atom. The molecule has 2 heterocycles. The van der Waals surface area contributed by atoms with Crippen molar-refractivity contribution < 1.29 is 14.2 Å². The highest BCUT2D eigenvalue weighted by Crippen LogP contribution is 2.44. The number of aromatic nitrogens is 1. The number of rotatable bonds is 4. The molecule has 4 rings (SSSR count). The predicted molar refractivity (Wildman–Crippen MR) is 108 cm³/mol. The third-order valence-electron chi connectivity index (χ3n) is 4.87. The van der Waals surface area contributed by atoms with Gasteiger partial charge in [-0.3, -0.25) is 0 Å². The molecule has 0 saturated heterocycles. The maximum atomic E-state index is 5.72. The SMILES string of the molecule is COc1ccc(C2NCc3ccccc3-n3cccc32)c(OC)c1OC.Cl. The van der Waals surface area contributed by atoms with Crippen molar-refractivity contribution in [2.45, 2.75) is 12.6 Å². The van der Waals surface area contributed by atoms with Crippen LogP contribution in [0, 0.1) is 0 Å². The summed E-state index contributed by atoms with van der Waals surface area (Å²) in [5.41, 5.74) is 4.62. The van der Waals surface area contributed by atoms with Crippen molar-refractivity contribution in [1.29, 1.82) is 0 Å². The van der Waals surface area contributed by atoms with Crippen molar-refractivity contribution in [3.63, 3.8) is 0 Å². The quantitative estimate of drug-likeness (QED) is 0.732. The largest absolute Gasteiger partial charge is 0.493 e. The summed E-state index contributed by atoms with van der Waals surface area (Å²) in [5, 5.41) is 3.66. The Morgan fingerprint density at radius 3 is 2.41 bits per heavy atom. The number of ether oxygens (including phenoxy) is 3. The standard InChI is InChI=1S/C21H22N2O3.ClH/c1-24-18-11-10-15(20(25-2)21(18)26-3)19-17-9-6-12-23(17)16-8-5-4-7-14(16)13-22-19;/h4-12,19,22H,13H2,1-3H3;1H. The summed E-state index contributed by atoms with van der Waals surface area (Å²) in [7, 11) is 4.91. The van der Waals surface area contributed by atoms with E-state index >= 15 is 0 Å². The van der Waals surface area contributed by atoms with Gasteiger partial charge in [0.15, 0.2) is 11.5 Å². The van der Waals surface area contributed by atoms with E-state index in [2.05, 4.69) is 52.5 Å². The highest BCUT2D eigenvalue weighted by Gasteiger charge is 2.27. The molecule has 0 saturated carbocycles. The number of hydrogen-bond acceptors (Lipinski definition) is 4. The minimum absolute atomic E-state index is 0. The highest BCUT2D eigenvalue weighted by molar-refractivity contribution is 5.85. The molecule has 1 aromatic heterocycles. The monoisotopic (exact) mass is 386 g/mol. The number of benzene rings is 2. The molecule has 1 atom stereocenters. The van der Waals surface area contributed by atoms with Crippen LogP contribution in [0.25, 0.3) is 5.69 Å². The summed E-state index contributed by atoms with van der Waals surface area (Å²) in [4.78, 5) is 0. The van der Waals surface area contributed by atoms with Gasteiger partial charge in [-0.15, -0.1) is 12.4 Å². The van der Waals surface area contributed by atoms with Crippen LogP contribution >= 0.6 is 12.4 Å². The lowest BCUT2D eigenvalue weighted by Gasteiger charge is -2.23. The summed E-state index contributed by atoms with van der Waals surface area (Å²) >= 11 is 0. The molecule has 2 aromatic carbocycles. The molecule has 0 bridgehead atoms. The van der Waals surface area contributed by atoms with Crippen LogP contribution in [-0.2, 0) is 6.54 Å². The maximum absolute atomic E-state index is 5.72. The molecule has 5 nitrogen and oxygen atoms in total. The Kier molecular flexibility index (Phi) is 5.63. The van der Waals surface area contributed by atoms with Crippen LogP contribution < -0.4 is 19.5 Å². The van der Waals surface area contributed by atoms with Crippen molar-refractivity contribution in [3.8, 4) is 22.9 Å². The van der Waals surface area contributed by atoms with Gasteiger partial charge in [0.2, 0.25) is 5.75 Å². The van der Waals surface area contributed by atoms with Crippen molar-refractivity contribution in [2.75, 3.05) is 21.3 Å². The predicted octanol–water partition coefficient (Wildman–Crippen LogP) is 4.12. The summed E-state index contributed by atoms with van der Waals surface area (Å²) < 4.78 is 18.9. The lowest BCUT2D eigenvalue weighted by atomic mass is 10.0. The molecule has 1 unspecified atom stereocenters. The number of methoxy groups -OCH3 is 3. The van der Waals surface area contributed by atoms with E-state index in [1.807, 2.05) is 12.1 Å². The zero-order valence-electron chi connectivity index (χ0n) is 15.6. The zero-order valence-corrected chi connectivity index (χ0v) is 16.4. The van der Waals surface area contributed by atoms with Gasteiger partial charge >= 0.3 is 0 Å². The van der Waals surface area contributed by atoms with E-state index in [9.17, 15) is 0 Å². The molecule has 1 aliphatic rings.